The Balaban J connectivity index is 1.95. The highest BCUT2D eigenvalue weighted by Gasteiger charge is 2.21. The first-order valence-corrected chi connectivity index (χ1v) is 9.01. The molecule has 0 N–H and O–H groups in total. The molecular formula is C24H22FNO2. The second kappa shape index (κ2) is 9.00. The third-order valence-electron chi connectivity index (χ3n) is 4.35. The highest BCUT2D eigenvalue weighted by Crippen LogP contribution is 2.23. The molecule has 0 spiro atoms. The summed E-state index contributed by atoms with van der Waals surface area (Å²) in [6, 6.07) is 23.1. The maximum absolute atomic E-state index is 14.2. The van der Waals surface area contributed by atoms with Gasteiger partial charge < -0.3 is 9.64 Å². The Kier molecular flexibility index (Phi) is 6.22. The predicted molar refractivity (Wildman–Crippen MR) is 111 cm³/mol. The molecule has 0 bridgehead atoms. The van der Waals surface area contributed by atoms with Gasteiger partial charge in [0.1, 0.15) is 11.6 Å². The lowest BCUT2D eigenvalue weighted by molar-refractivity contribution is 0.0985. The first-order chi connectivity index (χ1) is 13.6. The van der Waals surface area contributed by atoms with Crippen LogP contribution in [0.5, 0.6) is 5.75 Å². The Hall–Kier alpha value is -3.40. The van der Waals surface area contributed by atoms with Gasteiger partial charge in [0.15, 0.2) is 0 Å². The van der Waals surface area contributed by atoms with Crippen LogP contribution in [0.1, 0.15) is 22.8 Å². The molecule has 0 unspecified atom stereocenters. The number of benzene rings is 3. The SMILES string of the molecule is COc1ccc(N(C/C(C)=C/c2ccccc2)C(=O)c2ccccc2F)cc1. The Bertz CT molecular complexity index is 965. The van der Waals surface area contributed by atoms with Crippen LogP contribution in [0.3, 0.4) is 0 Å². The number of hydrogen-bond donors (Lipinski definition) is 0. The zero-order valence-electron chi connectivity index (χ0n) is 15.9. The van der Waals surface area contributed by atoms with E-state index in [0.29, 0.717) is 18.0 Å². The van der Waals surface area contributed by atoms with E-state index in [4.69, 9.17) is 4.74 Å². The average molecular weight is 375 g/mol. The zero-order chi connectivity index (χ0) is 19.9. The van der Waals surface area contributed by atoms with Crippen molar-refractivity contribution in [2.45, 2.75) is 6.92 Å². The standard InChI is InChI=1S/C24H22FNO2/c1-18(16-19-8-4-3-5-9-19)17-26(20-12-14-21(28-2)15-13-20)24(27)22-10-6-7-11-23(22)25/h3-16H,17H2,1-2H3/b18-16+. The van der Waals surface area contributed by atoms with Crippen molar-refractivity contribution in [3.8, 4) is 5.75 Å². The summed E-state index contributed by atoms with van der Waals surface area (Å²) in [5, 5.41) is 0. The Morgan fingerprint density at radius 2 is 1.61 bits per heavy atom. The molecule has 0 fully saturated rings. The molecule has 4 heteroatoms. The smallest absolute Gasteiger partial charge is 0.261 e. The van der Waals surface area contributed by atoms with Gasteiger partial charge in [-0.05, 0) is 48.9 Å². The summed E-state index contributed by atoms with van der Waals surface area (Å²) in [6.07, 6.45) is 2.02. The molecule has 142 valence electrons. The number of hydrogen-bond acceptors (Lipinski definition) is 2. The lowest BCUT2D eigenvalue weighted by Gasteiger charge is -2.24. The van der Waals surface area contributed by atoms with Crippen molar-refractivity contribution in [1.82, 2.24) is 0 Å². The van der Waals surface area contributed by atoms with Crippen LogP contribution in [0.4, 0.5) is 10.1 Å². The molecule has 3 aromatic rings. The minimum atomic E-state index is -0.532. The number of methoxy groups -OCH3 is 1. The Morgan fingerprint density at radius 1 is 0.964 bits per heavy atom. The number of carbonyl (C=O) groups excluding carboxylic acids is 1. The van der Waals surface area contributed by atoms with Crippen molar-refractivity contribution in [3.63, 3.8) is 0 Å². The van der Waals surface area contributed by atoms with Crippen molar-refractivity contribution in [1.29, 1.82) is 0 Å². The molecule has 0 aliphatic rings. The van der Waals surface area contributed by atoms with Crippen LogP contribution in [0, 0.1) is 5.82 Å². The summed E-state index contributed by atoms with van der Waals surface area (Å²) >= 11 is 0. The van der Waals surface area contributed by atoms with E-state index in [0.717, 1.165) is 11.1 Å². The Morgan fingerprint density at radius 3 is 2.25 bits per heavy atom. The molecule has 0 aliphatic heterocycles. The van der Waals surface area contributed by atoms with E-state index < -0.39 is 5.82 Å². The third kappa shape index (κ3) is 4.65. The molecule has 0 aliphatic carbocycles. The molecule has 3 aromatic carbocycles. The molecule has 1 amide bonds. The predicted octanol–water partition coefficient (Wildman–Crippen LogP) is 5.58. The second-order valence-corrected chi connectivity index (χ2v) is 6.47. The van der Waals surface area contributed by atoms with Crippen molar-refractivity contribution in [2.75, 3.05) is 18.6 Å². The minimum absolute atomic E-state index is 0.0471. The van der Waals surface area contributed by atoms with E-state index in [-0.39, 0.29) is 11.5 Å². The van der Waals surface area contributed by atoms with Crippen molar-refractivity contribution in [3.05, 3.63) is 101 Å². The summed E-state index contributed by atoms with van der Waals surface area (Å²) in [4.78, 5) is 14.7. The first-order valence-electron chi connectivity index (χ1n) is 9.01. The highest BCUT2D eigenvalue weighted by molar-refractivity contribution is 6.06. The first kappa shape index (κ1) is 19.4. The van der Waals surface area contributed by atoms with Crippen LogP contribution < -0.4 is 9.64 Å². The zero-order valence-corrected chi connectivity index (χ0v) is 15.9. The van der Waals surface area contributed by atoms with Crippen LogP contribution in [0.25, 0.3) is 6.08 Å². The minimum Gasteiger partial charge on any atom is -0.497 e. The van der Waals surface area contributed by atoms with Crippen LogP contribution in [-0.4, -0.2) is 19.6 Å². The van der Waals surface area contributed by atoms with Crippen LogP contribution in [0.2, 0.25) is 0 Å². The van der Waals surface area contributed by atoms with Crippen LogP contribution >= 0.6 is 0 Å². The van der Waals surface area contributed by atoms with E-state index in [9.17, 15) is 9.18 Å². The molecule has 0 saturated heterocycles. The van der Waals surface area contributed by atoms with E-state index in [1.165, 1.54) is 12.1 Å². The molecule has 0 aromatic heterocycles. The fraction of sp³-hybridized carbons (Fsp3) is 0.125. The molecule has 0 saturated carbocycles. The van der Waals surface area contributed by atoms with E-state index in [2.05, 4.69) is 0 Å². The third-order valence-corrected chi connectivity index (χ3v) is 4.35. The van der Waals surface area contributed by atoms with Gasteiger partial charge in [0.05, 0.1) is 12.7 Å². The van der Waals surface area contributed by atoms with E-state index in [1.54, 1.807) is 48.4 Å². The number of carbonyl (C=O) groups is 1. The lowest BCUT2D eigenvalue weighted by atomic mass is 10.1. The van der Waals surface area contributed by atoms with Crippen molar-refractivity contribution >= 4 is 17.7 Å². The molecule has 0 atom stereocenters. The molecule has 3 rings (SSSR count). The highest BCUT2D eigenvalue weighted by atomic mass is 19.1. The Labute approximate surface area is 164 Å². The van der Waals surface area contributed by atoms with E-state index >= 15 is 0 Å². The van der Waals surface area contributed by atoms with Gasteiger partial charge >= 0.3 is 0 Å². The van der Waals surface area contributed by atoms with Gasteiger partial charge in [0, 0.05) is 12.2 Å². The van der Waals surface area contributed by atoms with Crippen molar-refractivity contribution in [2.24, 2.45) is 0 Å². The monoisotopic (exact) mass is 375 g/mol. The van der Waals surface area contributed by atoms with Gasteiger partial charge in [0.25, 0.3) is 5.91 Å². The number of nitrogens with zero attached hydrogens (tertiary/aromatic N) is 1. The fourth-order valence-corrected chi connectivity index (χ4v) is 2.95. The maximum Gasteiger partial charge on any atom is 0.261 e. The van der Waals surface area contributed by atoms with Gasteiger partial charge in [-0.2, -0.15) is 0 Å². The molecule has 0 heterocycles. The summed E-state index contributed by atoms with van der Waals surface area (Å²) < 4.78 is 19.4. The molecular weight excluding hydrogens is 353 g/mol. The van der Waals surface area contributed by atoms with Gasteiger partial charge in [0.2, 0.25) is 0 Å². The largest absolute Gasteiger partial charge is 0.497 e. The molecule has 0 radical (unpaired) electrons. The average Bonchev–Trinajstić information content (AvgIpc) is 2.73. The lowest BCUT2D eigenvalue weighted by Crippen LogP contribution is -2.33. The van der Waals surface area contributed by atoms with Crippen molar-refractivity contribution < 1.29 is 13.9 Å². The summed E-state index contributed by atoms with van der Waals surface area (Å²) in [5.41, 5.74) is 2.75. The van der Waals surface area contributed by atoms with Gasteiger partial charge in [-0.15, -0.1) is 0 Å². The number of rotatable bonds is 6. The normalized spacial score (nSPS) is 11.2. The maximum atomic E-state index is 14.2. The van der Waals surface area contributed by atoms with E-state index in [1.807, 2.05) is 43.3 Å². The number of halogens is 1. The summed E-state index contributed by atoms with van der Waals surface area (Å²) in [7, 11) is 1.59. The fourth-order valence-electron chi connectivity index (χ4n) is 2.95. The van der Waals surface area contributed by atoms with Gasteiger partial charge in [-0.25, -0.2) is 4.39 Å². The van der Waals surface area contributed by atoms with Gasteiger partial charge in [-0.1, -0.05) is 54.1 Å². The topological polar surface area (TPSA) is 29.5 Å². The molecule has 28 heavy (non-hydrogen) atoms. The summed E-state index contributed by atoms with van der Waals surface area (Å²) in [5.74, 6) is -0.224. The van der Waals surface area contributed by atoms with Crippen LogP contribution in [-0.2, 0) is 0 Å². The van der Waals surface area contributed by atoms with Gasteiger partial charge in [-0.3, -0.25) is 4.79 Å². The summed E-state index contributed by atoms with van der Waals surface area (Å²) in [6.45, 7) is 2.30. The number of amides is 1. The number of ether oxygens (including phenoxy) is 1. The quantitative estimate of drug-likeness (QED) is 0.562. The van der Waals surface area contributed by atoms with Crippen LogP contribution in [0.15, 0.2) is 84.4 Å². The molecule has 3 nitrogen and oxygen atoms in total. The number of anilines is 1. The second-order valence-electron chi connectivity index (χ2n) is 6.47.